The summed E-state index contributed by atoms with van der Waals surface area (Å²) >= 11 is 0. The molecule has 0 bridgehead atoms. The van der Waals surface area contributed by atoms with Gasteiger partial charge in [-0.25, -0.2) is 0 Å². The molecule has 0 unspecified atom stereocenters. The predicted molar refractivity (Wildman–Crippen MR) is 119 cm³/mol. The summed E-state index contributed by atoms with van der Waals surface area (Å²) in [6.07, 6.45) is 2.74. The van der Waals surface area contributed by atoms with Crippen molar-refractivity contribution < 1.29 is 24.3 Å². The SMILES string of the molecule is CC.CC(=O)c1ccc(-c2ccc(C)cc2)cc1.CCN[C-]=O.O=[C-]NCC(=O)O.[Fm].[Fm]. The predicted octanol–water partition coefficient (Wildman–Crippen LogP) is 3.28. The van der Waals surface area contributed by atoms with Crippen LogP contribution >= 0.6 is 0 Å². The number of carboxylic acids is 1. The summed E-state index contributed by atoms with van der Waals surface area (Å²) in [7, 11) is 0. The summed E-state index contributed by atoms with van der Waals surface area (Å²) in [6.45, 7) is 9.81. The minimum Gasteiger partial charge on any atom is -0.530 e. The third-order valence-corrected chi connectivity index (χ3v) is 3.24. The van der Waals surface area contributed by atoms with Crippen LogP contribution in [0.15, 0.2) is 48.5 Å². The van der Waals surface area contributed by atoms with Crippen LogP contribution in [0.5, 0.6) is 0 Å². The van der Waals surface area contributed by atoms with Crippen LogP contribution in [-0.2, 0) is 14.4 Å². The Morgan fingerprint density at radius 2 is 1.25 bits per heavy atom. The number of nitrogens with one attached hydrogen (secondary N) is 2. The quantitative estimate of drug-likeness (QED) is 0.225. The van der Waals surface area contributed by atoms with Gasteiger partial charge in [-0.05, 0) is 31.5 Å². The Kier molecular flexibility index (Phi) is 23.2. The maximum atomic E-state index is 11.1. The summed E-state index contributed by atoms with van der Waals surface area (Å²) in [5, 5.41) is 12.0. The summed E-state index contributed by atoms with van der Waals surface area (Å²) in [6, 6.07) is 16.1. The molecule has 0 spiro atoms. The molecule has 2 aromatic carbocycles. The van der Waals surface area contributed by atoms with E-state index in [1.807, 2.05) is 50.4 Å². The standard InChI is InChI=1S/C15H14O.C3H4NO3.C3H6NO.C2H6.2Fm/c1-11-3-5-14(6-4-11)15-9-7-13(8-10-15)12(2)16;5-2-4-1-3(6)7;1-2-4-3-5;1-2;;/h3-10H,1-2H3;1H2,(H,4,5)(H,6,7);2H2,1H3,(H,4,5);1-2H3;;/q;2*-1;;;. The van der Waals surface area contributed by atoms with E-state index in [1.54, 1.807) is 6.92 Å². The minimum absolute atomic E-state index is 0. The molecule has 0 fully saturated rings. The van der Waals surface area contributed by atoms with E-state index >= 15 is 0 Å². The molecule has 2 rings (SSSR count). The van der Waals surface area contributed by atoms with E-state index in [4.69, 9.17) is 9.90 Å². The van der Waals surface area contributed by atoms with Gasteiger partial charge in [0.25, 0.3) is 0 Å². The topological polar surface area (TPSA) is 113 Å². The number of aliphatic carboxylic acids is 1. The Bertz CT molecular complexity index is 752. The molecule has 9 heteroatoms. The average Bonchev–Trinajstić information content (AvgIpc) is 2.76. The number of rotatable bonds is 7. The Labute approximate surface area is 178 Å². The second-order valence-corrected chi connectivity index (χ2v) is 5.48. The number of Topliss-reactive ketones (excluding diaryl/α,β-unsaturated/α-hetero) is 1. The molecule has 0 aliphatic heterocycles. The van der Waals surface area contributed by atoms with Gasteiger partial charge >= 0.3 is 5.97 Å². The van der Waals surface area contributed by atoms with E-state index in [2.05, 4.69) is 36.5 Å². The zero-order valence-corrected chi connectivity index (χ0v) is 23.5. The summed E-state index contributed by atoms with van der Waals surface area (Å²) in [5.41, 5.74) is 4.34. The maximum Gasteiger partial charge on any atom is 0.320 e. The van der Waals surface area contributed by atoms with E-state index in [0.717, 1.165) is 11.1 Å². The molecule has 0 saturated heterocycles. The van der Waals surface area contributed by atoms with E-state index in [9.17, 15) is 14.4 Å². The third-order valence-electron chi connectivity index (χ3n) is 3.24. The van der Waals surface area contributed by atoms with Gasteiger partial charge in [-0.1, -0.05) is 74.9 Å². The minimum atomic E-state index is -1.07. The van der Waals surface area contributed by atoms with Crippen molar-refractivity contribution in [2.75, 3.05) is 13.1 Å². The first kappa shape index (κ1) is 34.1. The summed E-state index contributed by atoms with van der Waals surface area (Å²) in [5.74, 6) is -0.959. The molecular formula is C23H30Fm2N2O5-2. The zero-order valence-electron chi connectivity index (χ0n) is 18.7. The Balaban J connectivity index is -0.000000208. The molecule has 3 N–H and O–H groups in total. The van der Waals surface area contributed by atoms with Crippen molar-refractivity contribution in [1.29, 1.82) is 0 Å². The van der Waals surface area contributed by atoms with Crippen molar-refractivity contribution in [2.45, 2.75) is 34.6 Å². The molecule has 2 aromatic rings. The summed E-state index contributed by atoms with van der Waals surface area (Å²) in [4.78, 5) is 39.0. The van der Waals surface area contributed by atoms with Crippen LogP contribution in [0, 0.1) is 6.92 Å². The number of amides is 2. The molecule has 0 atom stereocenters. The fourth-order valence-electron chi connectivity index (χ4n) is 1.83. The van der Waals surface area contributed by atoms with Crippen molar-refractivity contribution in [2.24, 2.45) is 0 Å². The second-order valence-electron chi connectivity index (χ2n) is 5.48. The van der Waals surface area contributed by atoms with Crippen molar-refractivity contribution >= 4 is 24.6 Å². The first-order valence-corrected chi connectivity index (χ1v) is 9.45. The van der Waals surface area contributed by atoms with Crippen molar-refractivity contribution in [3.8, 4) is 11.1 Å². The third kappa shape index (κ3) is 16.7. The molecule has 2 amide bonds. The van der Waals surface area contributed by atoms with Crippen LogP contribution in [0.3, 0.4) is 0 Å². The Morgan fingerprint density at radius 3 is 1.50 bits per heavy atom. The van der Waals surface area contributed by atoms with Crippen LogP contribution in [0.2, 0.25) is 0 Å². The Hall–Kier alpha value is -5.48. The van der Waals surface area contributed by atoms with Crippen molar-refractivity contribution in [3.63, 3.8) is 0 Å². The van der Waals surface area contributed by atoms with Gasteiger partial charge in [0, 0.05) is 5.56 Å². The smallest absolute Gasteiger partial charge is 0.320 e. The van der Waals surface area contributed by atoms with Crippen LogP contribution in [0.25, 0.3) is 11.1 Å². The molecule has 0 aromatic heterocycles. The summed E-state index contributed by atoms with van der Waals surface area (Å²) < 4.78 is 0. The van der Waals surface area contributed by atoms with Gasteiger partial charge in [0.05, 0.1) is 6.54 Å². The molecule has 188 valence electrons. The largest absolute Gasteiger partial charge is 0.530 e. The van der Waals surface area contributed by atoms with Crippen molar-refractivity contribution in [1.82, 2.24) is 10.6 Å². The van der Waals surface area contributed by atoms with E-state index in [-0.39, 0.29) is 12.3 Å². The van der Waals surface area contributed by atoms with Gasteiger partial charge in [0.2, 0.25) is 0 Å². The molecule has 32 heavy (non-hydrogen) atoms. The monoisotopic (exact) mass is 928 g/mol. The molecule has 0 aliphatic carbocycles. The Morgan fingerprint density at radius 1 is 0.844 bits per heavy atom. The van der Waals surface area contributed by atoms with Gasteiger partial charge in [-0.3, -0.25) is 9.59 Å². The first-order valence-electron chi connectivity index (χ1n) is 9.45. The average molecular weight is 929 g/mol. The van der Waals surface area contributed by atoms with Crippen molar-refractivity contribution in [3.05, 3.63) is 59.7 Å². The van der Waals surface area contributed by atoms with Crippen LogP contribution in [0.4, 0.5) is 0 Å². The van der Waals surface area contributed by atoms with Gasteiger partial charge < -0.3 is 25.3 Å². The number of benzene rings is 2. The van der Waals surface area contributed by atoms with Gasteiger partial charge in [-0.15, -0.1) is 0 Å². The number of carboxylic acid groups (broad SMARTS) is 1. The number of carbonyl (C=O) groups excluding carboxylic acids is 3. The van der Waals surface area contributed by atoms with Gasteiger partial charge in [0.1, 0.15) is 0 Å². The fourth-order valence-corrected chi connectivity index (χ4v) is 1.83. The number of hydrogen-bond donors (Lipinski definition) is 3. The molecule has 0 heterocycles. The van der Waals surface area contributed by atoms with Gasteiger partial charge in [-0.2, -0.15) is 12.8 Å². The van der Waals surface area contributed by atoms with E-state index in [1.165, 1.54) is 23.9 Å². The molecular weight excluding hydrogens is 898 g/mol. The van der Waals surface area contributed by atoms with E-state index < -0.39 is 5.97 Å². The van der Waals surface area contributed by atoms with Gasteiger partial charge in [0.15, 0.2) is 5.78 Å². The van der Waals surface area contributed by atoms with E-state index in [0.29, 0.717) is 6.54 Å². The molecule has 7 nitrogen and oxygen atoms in total. The second kappa shape index (κ2) is 21.8. The molecule has 0 aliphatic rings. The van der Waals surface area contributed by atoms with Crippen LogP contribution in [-0.4, -0.2) is 42.8 Å². The number of ketones is 1. The number of carbonyl (C=O) groups is 2. The van der Waals surface area contributed by atoms with Crippen LogP contribution in [0.1, 0.15) is 43.6 Å². The molecule has 0 saturated carbocycles. The first-order chi connectivity index (χ1) is 14.3. The maximum absolute atomic E-state index is 11.1. The van der Waals surface area contributed by atoms with Crippen LogP contribution < -0.4 is 10.6 Å². The molecule has 0 radical (unpaired) electrons. The fraction of sp³-hybridized carbons (Fsp3) is 0.304. The normalized spacial score (nSPS) is 7.91. The zero-order chi connectivity index (χ0) is 23.4. The number of aryl methyl sites for hydroxylation is 1. The number of hydrogen-bond acceptors (Lipinski definition) is 4.